The summed E-state index contributed by atoms with van der Waals surface area (Å²) in [4.78, 5) is 4.33. The number of rotatable bonds is 3. The van der Waals surface area contributed by atoms with Gasteiger partial charge >= 0.3 is 0 Å². The van der Waals surface area contributed by atoms with Gasteiger partial charge in [-0.05, 0) is 19.1 Å². The van der Waals surface area contributed by atoms with Crippen molar-refractivity contribution in [2.45, 2.75) is 13.5 Å². The summed E-state index contributed by atoms with van der Waals surface area (Å²) in [5.74, 6) is 0. The third kappa shape index (κ3) is 2.37. The fraction of sp³-hybridized carbons (Fsp3) is 0.286. The molecule has 0 aliphatic rings. The quantitative estimate of drug-likeness (QED) is 0.815. The third-order valence-electron chi connectivity index (χ3n) is 1.53. The number of H-pyrrole nitrogens is 1. The molecular weight excluding hydrogens is 236 g/mol. The van der Waals surface area contributed by atoms with Crippen molar-refractivity contribution in [2.75, 3.05) is 5.32 Å². The van der Waals surface area contributed by atoms with E-state index in [1.807, 2.05) is 12.3 Å². The molecule has 0 saturated carbocycles. The zero-order valence-corrected chi connectivity index (χ0v) is 9.85. The molecule has 4 nitrogen and oxygen atoms in total. The average Bonchev–Trinajstić information content (AvgIpc) is 2.72. The zero-order chi connectivity index (χ0) is 9.97. The molecule has 2 N–H and O–H groups in total. The highest BCUT2D eigenvalue weighted by atomic mass is 32.1. The van der Waals surface area contributed by atoms with E-state index in [2.05, 4.69) is 20.5 Å². The molecule has 0 amide bonds. The topological polar surface area (TPSA) is 53.6 Å². The van der Waals surface area contributed by atoms with Gasteiger partial charge in [0.25, 0.3) is 0 Å². The number of anilines is 1. The molecular formula is C7H8N4S3. The lowest BCUT2D eigenvalue weighted by Crippen LogP contribution is -1.99. The number of thiazole rings is 1. The van der Waals surface area contributed by atoms with Crippen molar-refractivity contribution in [1.29, 1.82) is 0 Å². The number of aryl methyl sites for hydroxylation is 1. The largest absolute Gasteiger partial charge is 0.354 e. The van der Waals surface area contributed by atoms with Crippen LogP contribution in [0.25, 0.3) is 0 Å². The Morgan fingerprint density at radius 2 is 2.50 bits per heavy atom. The third-order valence-corrected chi connectivity index (χ3v) is 3.39. The molecule has 0 aromatic carbocycles. The van der Waals surface area contributed by atoms with Gasteiger partial charge in [-0.2, -0.15) is 0 Å². The van der Waals surface area contributed by atoms with Crippen LogP contribution in [-0.4, -0.2) is 15.2 Å². The molecule has 2 heterocycles. The first-order valence-corrected chi connectivity index (χ1v) is 6.05. The van der Waals surface area contributed by atoms with Crippen molar-refractivity contribution in [3.63, 3.8) is 0 Å². The van der Waals surface area contributed by atoms with E-state index in [1.165, 1.54) is 11.3 Å². The predicted octanol–water partition coefficient (Wildman–Crippen LogP) is 2.58. The minimum atomic E-state index is 0.682. The predicted molar refractivity (Wildman–Crippen MR) is 61.5 cm³/mol. The molecule has 2 aromatic heterocycles. The molecule has 0 unspecified atom stereocenters. The summed E-state index contributed by atoms with van der Waals surface area (Å²) in [7, 11) is 0. The fourth-order valence-electron chi connectivity index (χ4n) is 0.961. The lowest BCUT2D eigenvalue weighted by atomic mass is 10.5. The van der Waals surface area contributed by atoms with E-state index in [0.717, 1.165) is 15.8 Å². The molecule has 7 heteroatoms. The van der Waals surface area contributed by atoms with Gasteiger partial charge in [0.2, 0.25) is 5.13 Å². The molecule has 0 saturated heterocycles. The number of aromatic amines is 1. The monoisotopic (exact) mass is 244 g/mol. The van der Waals surface area contributed by atoms with Crippen LogP contribution in [0.5, 0.6) is 0 Å². The number of hydrogen-bond acceptors (Lipinski definition) is 6. The maximum absolute atomic E-state index is 4.91. The molecule has 0 bridgehead atoms. The Morgan fingerprint density at radius 3 is 3.07 bits per heavy atom. The second kappa shape index (κ2) is 4.16. The van der Waals surface area contributed by atoms with E-state index in [9.17, 15) is 0 Å². The molecule has 74 valence electrons. The van der Waals surface area contributed by atoms with Gasteiger partial charge in [0.1, 0.15) is 0 Å². The van der Waals surface area contributed by atoms with E-state index in [4.69, 9.17) is 12.2 Å². The van der Waals surface area contributed by atoms with E-state index >= 15 is 0 Å². The Labute approximate surface area is 94.0 Å². The van der Waals surface area contributed by atoms with Crippen molar-refractivity contribution in [3.05, 3.63) is 20.0 Å². The van der Waals surface area contributed by atoms with Crippen LogP contribution in [0.2, 0.25) is 0 Å². The van der Waals surface area contributed by atoms with Crippen LogP contribution in [0.15, 0.2) is 5.38 Å². The lowest BCUT2D eigenvalue weighted by molar-refractivity contribution is 1.01. The maximum atomic E-state index is 4.91. The van der Waals surface area contributed by atoms with Crippen molar-refractivity contribution in [1.82, 2.24) is 15.2 Å². The summed E-state index contributed by atoms with van der Waals surface area (Å²) in [6.07, 6.45) is 0. The van der Waals surface area contributed by atoms with Gasteiger partial charge in [-0.3, -0.25) is 5.10 Å². The number of nitrogens with one attached hydrogen (secondary N) is 2. The summed E-state index contributed by atoms with van der Waals surface area (Å²) < 4.78 is 0.682. The minimum Gasteiger partial charge on any atom is -0.354 e. The highest BCUT2D eigenvalue weighted by Crippen LogP contribution is 2.13. The Balaban J connectivity index is 1.98. The van der Waals surface area contributed by atoms with Crippen molar-refractivity contribution >= 4 is 40.0 Å². The van der Waals surface area contributed by atoms with Gasteiger partial charge < -0.3 is 5.32 Å². The number of aromatic nitrogens is 3. The average molecular weight is 244 g/mol. The highest BCUT2D eigenvalue weighted by Gasteiger charge is 2.00. The van der Waals surface area contributed by atoms with Gasteiger partial charge in [-0.15, -0.1) is 16.4 Å². The summed E-state index contributed by atoms with van der Waals surface area (Å²) in [6, 6.07) is 0. The smallest absolute Gasteiger partial charge is 0.204 e. The molecule has 0 spiro atoms. The van der Waals surface area contributed by atoms with Gasteiger partial charge in [0.05, 0.1) is 17.2 Å². The minimum absolute atomic E-state index is 0.682. The first-order valence-electron chi connectivity index (χ1n) is 3.94. The SMILES string of the molecule is Cc1nc(CNc2n[nH]c(=S)s2)cs1. The highest BCUT2D eigenvalue weighted by molar-refractivity contribution is 7.73. The molecule has 2 rings (SSSR count). The fourth-order valence-corrected chi connectivity index (χ4v) is 2.36. The maximum Gasteiger partial charge on any atom is 0.204 e. The molecule has 0 fully saturated rings. The molecule has 2 aromatic rings. The van der Waals surface area contributed by atoms with E-state index in [1.54, 1.807) is 11.3 Å². The van der Waals surface area contributed by atoms with Crippen molar-refractivity contribution in [3.8, 4) is 0 Å². The summed E-state index contributed by atoms with van der Waals surface area (Å²) in [5.41, 5.74) is 1.04. The molecule has 0 atom stereocenters. The second-order valence-electron chi connectivity index (χ2n) is 2.63. The molecule has 0 aliphatic heterocycles. The molecule has 14 heavy (non-hydrogen) atoms. The van der Waals surface area contributed by atoms with Gasteiger partial charge in [-0.1, -0.05) is 11.3 Å². The van der Waals surface area contributed by atoms with Crippen LogP contribution >= 0.6 is 34.9 Å². The number of nitrogens with zero attached hydrogens (tertiary/aromatic N) is 2. The summed E-state index contributed by atoms with van der Waals surface area (Å²) in [5, 5.41) is 13.8. The van der Waals surface area contributed by atoms with E-state index < -0.39 is 0 Å². The molecule has 0 aliphatic carbocycles. The Hall–Kier alpha value is -0.790. The Kier molecular flexibility index (Phi) is 2.90. The Bertz CT molecular complexity index is 469. The summed E-state index contributed by atoms with van der Waals surface area (Å²) in [6.45, 7) is 2.69. The molecule has 0 radical (unpaired) electrons. The normalized spacial score (nSPS) is 10.4. The first-order chi connectivity index (χ1) is 6.74. The first kappa shape index (κ1) is 9.75. The number of hydrogen-bond donors (Lipinski definition) is 2. The zero-order valence-electron chi connectivity index (χ0n) is 7.40. The van der Waals surface area contributed by atoms with Crippen LogP contribution in [0.3, 0.4) is 0 Å². The summed E-state index contributed by atoms with van der Waals surface area (Å²) >= 11 is 7.99. The standard InChI is InChI=1S/C7H8N4S3/c1-4-9-5(3-13-4)2-8-6-10-11-7(12)14-6/h3H,2H2,1H3,(H,8,10)(H,11,12). The van der Waals surface area contributed by atoms with E-state index in [-0.39, 0.29) is 0 Å². The van der Waals surface area contributed by atoms with Crippen LogP contribution < -0.4 is 5.32 Å². The lowest BCUT2D eigenvalue weighted by Gasteiger charge is -1.96. The van der Waals surface area contributed by atoms with E-state index in [0.29, 0.717) is 10.5 Å². The van der Waals surface area contributed by atoms with Crippen molar-refractivity contribution < 1.29 is 0 Å². The van der Waals surface area contributed by atoms with Crippen LogP contribution in [0.4, 0.5) is 5.13 Å². The van der Waals surface area contributed by atoms with Crippen LogP contribution in [-0.2, 0) is 6.54 Å². The van der Waals surface area contributed by atoms with Gasteiger partial charge in [-0.25, -0.2) is 4.98 Å². The van der Waals surface area contributed by atoms with Gasteiger partial charge in [0.15, 0.2) is 3.95 Å². The van der Waals surface area contributed by atoms with Crippen molar-refractivity contribution in [2.24, 2.45) is 0 Å². The second-order valence-corrected chi connectivity index (χ2v) is 5.36. The van der Waals surface area contributed by atoms with Crippen LogP contribution in [0.1, 0.15) is 10.7 Å². The van der Waals surface area contributed by atoms with Gasteiger partial charge in [0, 0.05) is 5.38 Å². The Morgan fingerprint density at radius 1 is 1.64 bits per heavy atom. The van der Waals surface area contributed by atoms with Crippen LogP contribution in [0, 0.1) is 10.9 Å².